The summed E-state index contributed by atoms with van der Waals surface area (Å²) in [5.74, 6) is -2.23. The monoisotopic (exact) mass is 359 g/mol. The molecule has 0 radical (unpaired) electrons. The van der Waals surface area contributed by atoms with E-state index in [0.29, 0.717) is 21.8 Å². The number of hydrogen-bond donors (Lipinski definition) is 2. The first kappa shape index (κ1) is 18.2. The van der Waals surface area contributed by atoms with Gasteiger partial charge in [0.2, 0.25) is 0 Å². The average Bonchev–Trinajstić information content (AvgIpc) is 2.63. The minimum Gasteiger partial charge on any atom is -0.465 e. The molecule has 128 valence electrons. The number of nitrogens with one attached hydrogen (secondary N) is 2. The smallest absolute Gasteiger partial charge is 0.337 e. The molecular weight excluding hydrogens is 346 g/mol. The number of nitrogens with zero attached hydrogens (tertiary/aromatic N) is 1. The Hall–Kier alpha value is -3.19. The molecule has 0 unspecified atom stereocenters. The van der Waals surface area contributed by atoms with E-state index in [1.165, 1.54) is 13.3 Å². The summed E-state index contributed by atoms with van der Waals surface area (Å²) in [7, 11) is 1.29. The quantitative estimate of drug-likeness (QED) is 0.378. The number of halogens is 1. The van der Waals surface area contributed by atoms with Crippen LogP contribution in [-0.2, 0) is 14.3 Å². The van der Waals surface area contributed by atoms with Crippen LogP contribution in [0.1, 0.15) is 15.9 Å². The van der Waals surface area contributed by atoms with Crippen LogP contribution in [0.2, 0.25) is 5.02 Å². The van der Waals surface area contributed by atoms with Gasteiger partial charge in [-0.2, -0.15) is 5.10 Å². The van der Waals surface area contributed by atoms with Crippen molar-refractivity contribution < 1.29 is 19.1 Å². The van der Waals surface area contributed by atoms with Crippen LogP contribution < -0.4 is 10.7 Å². The lowest BCUT2D eigenvalue weighted by molar-refractivity contribution is -0.136. The first-order valence-corrected chi connectivity index (χ1v) is 7.45. The number of hydrazone groups is 1. The SMILES string of the molecule is COC(=O)c1ccc(C=NNC(=O)C(=O)Nc2ccc(Cl)cc2)cc1. The molecule has 2 N–H and O–H groups in total. The molecule has 0 saturated heterocycles. The van der Waals surface area contributed by atoms with Gasteiger partial charge in [0.1, 0.15) is 0 Å². The molecular formula is C17H14ClN3O4. The molecule has 0 fully saturated rings. The van der Waals surface area contributed by atoms with Crippen molar-refractivity contribution in [3.05, 3.63) is 64.7 Å². The maximum Gasteiger partial charge on any atom is 0.337 e. The number of amides is 2. The van der Waals surface area contributed by atoms with Crippen molar-refractivity contribution in [1.82, 2.24) is 5.43 Å². The van der Waals surface area contributed by atoms with Crippen LogP contribution in [0.15, 0.2) is 53.6 Å². The number of methoxy groups -OCH3 is 1. The lowest BCUT2D eigenvalue weighted by atomic mass is 10.1. The largest absolute Gasteiger partial charge is 0.465 e. The maximum absolute atomic E-state index is 11.7. The minimum absolute atomic E-state index is 0.394. The molecule has 0 spiro atoms. The average molecular weight is 360 g/mol. The molecule has 0 bridgehead atoms. The van der Waals surface area contributed by atoms with Crippen molar-refractivity contribution in [3.63, 3.8) is 0 Å². The molecule has 0 aliphatic heterocycles. The predicted octanol–water partition coefficient (Wildman–Crippen LogP) is 2.22. The van der Waals surface area contributed by atoms with Gasteiger partial charge in [-0.1, -0.05) is 23.7 Å². The van der Waals surface area contributed by atoms with E-state index in [4.69, 9.17) is 11.6 Å². The summed E-state index contributed by atoms with van der Waals surface area (Å²) in [6, 6.07) is 12.7. The first-order valence-electron chi connectivity index (χ1n) is 7.08. The summed E-state index contributed by atoms with van der Waals surface area (Å²) < 4.78 is 4.59. The Balaban J connectivity index is 1.88. The van der Waals surface area contributed by atoms with Crippen LogP contribution in [-0.4, -0.2) is 31.1 Å². The number of benzene rings is 2. The van der Waals surface area contributed by atoms with E-state index in [1.807, 2.05) is 0 Å². The molecule has 0 atom stereocenters. The Morgan fingerprint density at radius 2 is 1.64 bits per heavy atom. The van der Waals surface area contributed by atoms with Gasteiger partial charge in [-0.05, 0) is 42.0 Å². The summed E-state index contributed by atoms with van der Waals surface area (Å²) in [4.78, 5) is 34.7. The standard InChI is InChI=1S/C17H14ClN3O4/c1-25-17(24)12-4-2-11(3-5-12)10-19-21-16(23)15(22)20-14-8-6-13(18)7-9-14/h2-10H,1H3,(H,20,22)(H,21,23). The highest BCUT2D eigenvalue weighted by Gasteiger charge is 2.12. The fourth-order valence-electron chi connectivity index (χ4n) is 1.76. The van der Waals surface area contributed by atoms with E-state index in [2.05, 4.69) is 20.6 Å². The van der Waals surface area contributed by atoms with Crippen LogP contribution in [0, 0.1) is 0 Å². The highest BCUT2D eigenvalue weighted by molar-refractivity contribution is 6.39. The Labute approximate surface area is 148 Å². The highest BCUT2D eigenvalue weighted by atomic mass is 35.5. The summed E-state index contributed by atoms with van der Waals surface area (Å²) in [5, 5.41) is 6.62. The fourth-order valence-corrected chi connectivity index (χ4v) is 1.89. The van der Waals surface area contributed by atoms with Gasteiger partial charge in [0, 0.05) is 10.7 Å². The lowest BCUT2D eigenvalue weighted by Crippen LogP contribution is -2.32. The summed E-state index contributed by atoms with van der Waals surface area (Å²) in [6.07, 6.45) is 1.34. The molecule has 0 heterocycles. The van der Waals surface area contributed by atoms with Crippen molar-refractivity contribution in [2.45, 2.75) is 0 Å². The predicted molar refractivity (Wildman–Crippen MR) is 93.6 cm³/mol. The van der Waals surface area contributed by atoms with Gasteiger partial charge in [-0.15, -0.1) is 0 Å². The fraction of sp³-hybridized carbons (Fsp3) is 0.0588. The van der Waals surface area contributed by atoms with Crippen molar-refractivity contribution in [1.29, 1.82) is 0 Å². The summed E-state index contributed by atoms with van der Waals surface area (Å²) in [5.41, 5.74) is 3.57. The van der Waals surface area contributed by atoms with Crippen molar-refractivity contribution >= 4 is 41.3 Å². The zero-order chi connectivity index (χ0) is 18.2. The zero-order valence-electron chi connectivity index (χ0n) is 13.2. The zero-order valence-corrected chi connectivity index (χ0v) is 13.9. The van der Waals surface area contributed by atoms with Gasteiger partial charge < -0.3 is 10.1 Å². The third-order valence-electron chi connectivity index (χ3n) is 3.02. The number of carbonyl (C=O) groups is 3. The van der Waals surface area contributed by atoms with Gasteiger partial charge >= 0.3 is 17.8 Å². The van der Waals surface area contributed by atoms with Crippen molar-refractivity contribution in [2.24, 2.45) is 5.10 Å². The second-order valence-corrected chi connectivity index (χ2v) is 5.21. The summed E-state index contributed by atoms with van der Waals surface area (Å²) in [6.45, 7) is 0. The van der Waals surface area contributed by atoms with Crippen LogP contribution in [0.4, 0.5) is 5.69 Å². The maximum atomic E-state index is 11.7. The van der Waals surface area contributed by atoms with E-state index in [9.17, 15) is 14.4 Å². The van der Waals surface area contributed by atoms with Crippen molar-refractivity contribution in [2.75, 3.05) is 12.4 Å². The second kappa shape index (κ2) is 8.60. The van der Waals surface area contributed by atoms with E-state index in [-0.39, 0.29) is 0 Å². The van der Waals surface area contributed by atoms with Crippen LogP contribution in [0.25, 0.3) is 0 Å². The Morgan fingerprint density at radius 3 is 2.24 bits per heavy atom. The molecule has 0 aliphatic carbocycles. The Kier molecular flexibility index (Phi) is 6.25. The van der Waals surface area contributed by atoms with Gasteiger partial charge in [0.05, 0.1) is 18.9 Å². The molecule has 8 heteroatoms. The Morgan fingerprint density at radius 1 is 1.00 bits per heavy atom. The van der Waals surface area contributed by atoms with E-state index < -0.39 is 17.8 Å². The number of hydrogen-bond acceptors (Lipinski definition) is 5. The Bertz CT molecular complexity index is 802. The second-order valence-electron chi connectivity index (χ2n) is 4.77. The molecule has 7 nitrogen and oxygen atoms in total. The van der Waals surface area contributed by atoms with Gasteiger partial charge in [0.15, 0.2) is 0 Å². The number of esters is 1. The minimum atomic E-state index is -0.919. The number of carbonyl (C=O) groups excluding carboxylic acids is 3. The molecule has 0 saturated carbocycles. The number of anilines is 1. The van der Waals surface area contributed by atoms with Crippen LogP contribution in [0.5, 0.6) is 0 Å². The van der Waals surface area contributed by atoms with E-state index >= 15 is 0 Å². The molecule has 25 heavy (non-hydrogen) atoms. The third kappa shape index (κ3) is 5.43. The molecule has 2 aromatic carbocycles. The lowest BCUT2D eigenvalue weighted by Gasteiger charge is -2.03. The topological polar surface area (TPSA) is 96.9 Å². The number of ether oxygens (including phenoxy) is 1. The van der Waals surface area contributed by atoms with Crippen LogP contribution >= 0.6 is 11.6 Å². The molecule has 0 aromatic heterocycles. The van der Waals surface area contributed by atoms with Crippen LogP contribution in [0.3, 0.4) is 0 Å². The first-order chi connectivity index (χ1) is 12.0. The van der Waals surface area contributed by atoms with Gasteiger partial charge in [-0.3, -0.25) is 9.59 Å². The van der Waals surface area contributed by atoms with Gasteiger partial charge in [-0.25, -0.2) is 10.2 Å². The van der Waals surface area contributed by atoms with E-state index in [1.54, 1.807) is 48.5 Å². The summed E-state index contributed by atoms with van der Waals surface area (Å²) >= 11 is 5.74. The molecule has 2 rings (SSSR count). The van der Waals surface area contributed by atoms with Crippen molar-refractivity contribution in [3.8, 4) is 0 Å². The molecule has 0 aliphatic rings. The molecule has 2 amide bonds. The highest BCUT2D eigenvalue weighted by Crippen LogP contribution is 2.13. The van der Waals surface area contributed by atoms with E-state index in [0.717, 1.165) is 0 Å². The van der Waals surface area contributed by atoms with Gasteiger partial charge in [0.25, 0.3) is 0 Å². The number of rotatable bonds is 4. The molecule has 2 aromatic rings. The third-order valence-corrected chi connectivity index (χ3v) is 3.27. The normalized spacial score (nSPS) is 10.3.